The van der Waals surface area contributed by atoms with Gasteiger partial charge in [0.05, 0.1) is 63.5 Å². The van der Waals surface area contributed by atoms with Crippen LogP contribution in [0.1, 0.15) is 37.3 Å². The summed E-state index contributed by atoms with van der Waals surface area (Å²) < 4.78 is 168. The molecule has 0 saturated carbocycles. The number of hydrogen-bond donors (Lipinski definition) is 0. The SMILES string of the molecule is CCC(C)c1ccc(S(=O)(=O)[O-])cc1.Cc1ccc([S+](c2cc(F)cc(F)c2)c2cc(F)cc(F)c2)cc1.Clc1cc(Cl)cc([S+](c2ccccc2)c2cc(Cl)cc(Cl)c2)c1.Fc1ccc([S+](c2ccc(F)c(Cl)c2)c2ccc(F)c(Cl)c2)cc1Cl.Fc1cccc([S+](c2cccc(F)c2)c2cccc(F)c2)c1. The van der Waals surface area contributed by atoms with Crippen molar-refractivity contribution in [3.05, 3.63) is 384 Å². The van der Waals surface area contributed by atoms with Gasteiger partial charge in [0.2, 0.25) is 0 Å². The molecule has 0 bridgehead atoms. The number of halogens is 17. The molecule has 3 nitrogen and oxygen atoms in total. The lowest BCUT2D eigenvalue weighted by atomic mass is 9.99. The number of rotatable bonds is 15. The van der Waals surface area contributed by atoms with Crippen LogP contribution in [-0.2, 0) is 53.7 Å². The second-order valence-corrected chi connectivity index (χ2v) is 35.7. The Morgan fingerprint density at radius 2 is 0.583 bits per heavy atom. The van der Waals surface area contributed by atoms with Gasteiger partial charge >= 0.3 is 0 Å². The topological polar surface area (TPSA) is 57.2 Å². The zero-order valence-electron chi connectivity index (χ0n) is 56.5. The molecule has 0 fully saturated rings. The Hall–Kier alpha value is -7.50. The van der Waals surface area contributed by atoms with E-state index in [1.54, 1.807) is 91.0 Å². The van der Waals surface area contributed by atoms with Gasteiger partial charge in [-0.05, 0) is 146 Å². The Kier molecular flexibility index (Phi) is 30.8. The van der Waals surface area contributed by atoms with Gasteiger partial charge in [-0.15, -0.1) is 0 Å². The lowest BCUT2D eigenvalue weighted by molar-refractivity contribution is 0.463. The van der Waals surface area contributed by atoms with Crippen LogP contribution < -0.4 is 0 Å². The second kappa shape index (κ2) is 39.4. The smallest absolute Gasteiger partial charge is 0.172 e. The monoisotopic (exact) mass is 1700 g/mol. The summed E-state index contributed by atoms with van der Waals surface area (Å²) in [5.74, 6) is -5.31. The minimum Gasteiger partial charge on any atom is -0.744 e. The molecule has 1 atom stereocenters. The first-order valence-electron chi connectivity index (χ1n) is 32.0. The standard InChI is InChI=1S/C19H13F4S.C18H11Cl4S.C18H9Cl3F3S.C18H12F3S.C10H14O3S/c1-12-2-4-17(5-3-12)24(18-8-13(20)6-14(21)9-18)19-10-15(22)7-16(23)11-19;19-12-6-13(20)9-17(8-12)23(16-4-2-1-3-5-16)18-10-14(21)7-15(22)11-18;19-13-7-10(1-4-16(13)22)25(11-2-5-17(23)14(20)8-11)12-3-6-18(24)15(21)9-12;19-13-4-1-7-16(10-13)22(17-8-2-5-14(20)11-17)18-9-3-6-15(21)12-18;1-3-8(2)9-4-6-10(7-5-9)14(11,12)13/h2-11H,1H3;1-11H;1-9H;1-12H;4-8H,3H2,1-2H3,(H,11,12,13)/q4*+1;/p-1. The Morgan fingerprint density at radius 3 is 0.889 bits per heavy atom. The normalized spacial score (nSPS) is 11.4. The fourth-order valence-electron chi connectivity index (χ4n) is 10.2. The highest BCUT2D eigenvalue weighted by atomic mass is 35.5. The van der Waals surface area contributed by atoms with Crippen LogP contribution in [0.5, 0.6) is 0 Å². The van der Waals surface area contributed by atoms with Crippen LogP contribution in [0.2, 0.25) is 35.2 Å². The molecule has 108 heavy (non-hydrogen) atoms. The zero-order chi connectivity index (χ0) is 78.1. The van der Waals surface area contributed by atoms with Crippen LogP contribution in [0.25, 0.3) is 0 Å². The molecule has 13 rings (SSSR count). The molecule has 0 N–H and O–H groups in total. The molecule has 0 saturated heterocycles. The van der Waals surface area contributed by atoms with Crippen LogP contribution in [-0.4, -0.2) is 13.0 Å². The van der Waals surface area contributed by atoms with E-state index in [1.165, 1.54) is 109 Å². The molecule has 0 aliphatic carbocycles. The van der Waals surface area contributed by atoms with Crippen molar-refractivity contribution in [2.24, 2.45) is 0 Å². The summed E-state index contributed by atoms with van der Waals surface area (Å²) in [5.41, 5.74) is 2.07. The molecule has 0 aliphatic heterocycles. The Morgan fingerprint density at radius 1 is 0.306 bits per heavy atom. The van der Waals surface area contributed by atoms with Gasteiger partial charge in [0, 0.05) is 117 Å². The van der Waals surface area contributed by atoms with Crippen molar-refractivity contribution in [3.63, 3.8) is 0 Å². The van der Waals surface area contributed by atoms with E-state index >= 15 is 0 Å². The number of aryl methyl sites for hydroxylation is 1. The third-order valence-corrected chi connectivity index (χ3v) is 26.6. The highest BCUT2D eigenvalue weighted by molar-refractivity contribution is 7.98. The Labute approximate surface area is 666 Å². The first-order chi connectivity index (χ1) is 51.4. The van der Waals surface area contributed by atoms with E-state index in [0.717, 1.165) is 49.3 Å². The summed E-state index contributed by atoms with van der Waals surface area (Å²) in [6.45, 7) is 6.02. The largest absolute Gasteiger partial charge is 0.744 e. The van der Waals surface area contributed by atoms with E-state index in [4.69, 9.17) is 81.2 Å². The van der Waals surface area contributed by atoms with E-state index < -0.39 is 94.4 Å². The second-order valence-electron chi connectivity index (χ2n) is 23.2. The van der Waals surface area contributed by atoms with Gasteiger partial charge in [0.1, 0.15) is 68.3 Å². The summed E-state index contributed by atoms with van der Waals surface area (Å²) in [5, 5.41) is 2.29. The van der Waals surface area contributed by atoms with Crippen LogP contribution in [0.15, 0.2) is 343 Å². The van der Waals surface area contributed by atoms with Crippen molar-refractivity contribution < 1.29 is 56.9 Å². The fraction of sp³-hybridized carbons (Fsp3) is 0.0602. The molecule has 0 radical (unpaired) electrons. The number of hydrogen-bond acceptors (Lipinski definition) is 3. The molecule has 554 valence electrons. The van der Waals surface area contributed by atoms with Crippen LogP contribution >= 0.6 is 81.2 Å². The van der Waals surface area contributed by atoms with E-state index in [-0.39, 0.29) is 37.4 Å². The molecular formula is C83H58Cl7F10O3S5+3. The molecule has 25 heteroatoms. The lowest BCUT2D eigenvalue weighted by Gasteiger charge is -2.11. The summed E-state index contributed by atoms with van der Waals surface area (Å²) >= 11 is 42.5. The van der Waals surface area contributed by atoms with E-state index in [0.29, 0.717) is 65.2 Å². The van der Waals surface area contributed by atoms with Crippen molar-refractivity contribution in [3.8, 4) is 0 Å². The predicted molar refractivity (Wildman–Crippen MR) is 418 cm³/mol. The van der Waals surface area contributed by atoms with Crippen LogP contribution in [0, 0.1) is 65.1 Å². The molecular weight excluding hydrogens is 1640 g/mol. The van der Waals surface area contributed by atoms with Gasteiger partial charge in [-0.3, -0.25) is 0 Å². The summed E-state index contributed by atoms with van der Waals surface area (Å²) in [6, 6.07) is 72.3. The third-order valence-electron chi connectivity index (χ3n) is 15.3. The van der Waals surface area contributed by atoms with E-state index in [1.807, 2.05) is 61.5 Å². The quantitative estimate of drug-likeness (QED) is 0.0584. The molecule has 0 spiro atoms. The maximum Gasteiger partial charge on any atom is 0.172 e. The minimum atomic E-state index is -4.30. The first-order valence-corrected chi connectivity index (χ1v) is 41.0. The van der Waals surface area contributed by atoms with Crippen molar-refractivity contribution in [1.29, 1.82) is 0 Å². The Balaban J connectivity index is 0.000000157. The predicted octanol–water partition coefficient (Wildman–Crippen LogP) is 27.5. The van der Waals surface area contributed by atoms with Crippen molar-refractivity contribution in [1.82, 2.24) is 0 Å². The number of benzene rings is 13. The average Bonchev–Trinajstić information content (AvgIpc) is 0.795. The summed E-state index contributed by atoms with van der Waals surface area (Å²) in [4.78, 5) is 8.40. The molecule has 13 aromatic carbocycles. The van der Waals surface area contributed by atoms with E-state index in [9.17, 15) is 56.9 Å². The lowest BCUT2D eigenvalue weighted by Crippen LogP contribution is -2.07. The molecule has 0 heterocycles. The maximum absolute atomic E-state index is 13.7. The highest BCUT2D eigenvalue weighted by Gasteiger charge is 2.35. The molecule has 1 unspecified atom stereocenters. The van der Waals surface area contributed by atoms with Gasteiger partial charge in [-0.2, -0.15) is 0 Å². The van der Waals surface area contributed by atoms with Crippen molar-refractivity contribution >= 4 is 135 Å². The molecule has 13 aromatic rings. The molecule has 0 amide bonds. The average molecular weight is 1700 g/mol. The Bertz CT molecular complexity index is 4980. The van der Waals surface area contributed by atoms with Gasteiger partial charge < -0.3 is 4.55 Å². The highest BCUT2D eigenvalue weighted by Crippen LogP contribution is 2.40. The first kappa shape index (κ1) is 84.5. The van der Waals surface area contributed by atoms with Crippen molar-refractivity contribution in [2.75, 3.05) is 0 Å². The third kappa shape index (κ3) is 24.0. The van der Waals surface area contributed by atoms with Gasteiger partial charge in [0.25, 0.3) is 0 Å². The van der Waals surface area contributed by atoms with Crippen LogP contribution in [0.4, 0.5) is 43.9 Å². The van der Waals surface area contributed by atoms with Crippen LogP contribution in [0.3, 0.4) is 0 Å². The zero-order valence-corrected chi connectivity index (χ0v) is 65.9. The molecule has 0 aromatic heterocycles. The van der Waals surface area contributed by atoms with Gasteiger partial charge in [-0.25, -0.2) is 52.3 Å². The van der Waals surface area contributed by atoms with Crippen molar-refractivity contribution in [2.45, 2.75) is 96.8 Å². The van der Waals surface area contributed by atoms with E-state index in [2.05, 4.69) is 26.0 Å². The van der Waals surface area contributed by atoms with Gasteiger partial charge in [0.15, 0.2) is 58.7 Å². The minimum absolute atomic E-state index is 0.0450. The van der Waals surface area contributed by atoms with Gasteiger partial charge in [-0.1, -0.05) is 161 Å². The summed E-state index contributed by atoms with van der Waals surface area (Å²) in [6.07, 6.45) is 0.990. The maximum atomic E-state index is 13.7. The fourth-order valence-corrected chi connectivity index (χ4v) is 21.4. The summed E-state index contributed by atoms with van der Waals surface area (Å²) in [7, 11) is -7.31. The molecule has 0 aliphatic rings.